The summed E-state index contributed by atoms with van der Waals surface area (Å²) in [7, 11) is 0. The molecule has 1 aromatic rings. The number of nitrogens with one attached hydrogen (secondary N) is 1. The summed E-state index contributed by atoms with van der Waals surface area (Å²) in [4.78, 5) is 17.9. The number of carbonyl (C=O) groups excluding carboxylic acids is 1. The lowest BCUT2D eigenvalue weighted by molar-refractivity contribution is 0.177. The molecule has 0 unspecified atom stereocenters. The normalized spacial score (nSPS) is 10.7. The largest absolute Gasteiger partial charge is 0.336 e. The molecule has 94 valence electrons. The van der Waals surface area contributed by atoms with Crippen molar-refractivity contribution in [1.82, 2.24) is 15.2 Å². The van der Waals surface area contributed by atoms with Crippen molar-refractivity contribution in [2.24, 2.45) is 0 Å². The van der Waals surface area contributed by atoms with Gasteiger partial charge < -0.3 is 10.2 Å². The predicted octanol–water partition coefficient (Wildman–Crippen LogP) is 2.41. The van der Waals surface area contributed by atoms with Crippen LogP contribution in [0.1, 0.15) is 33.3 Å². The molecular formula is C13H21N3O. The van der Waals surface area contributed by atoms with Crippen LogP contribution in [0.5, 0.6) is 0 Å². The molecule has 2 amide bonds. The van der Waals surface area contributed by atoms with Gasteiger partial charge in [-0.2, -0.15) is 0 Å². The van der Waals surface area contributed by atoms with Crippen LogP contribution in [-0.4, -0.2) is 28.0 Å². The monoisotopic (exact) mass is 235 g/mol. The van der Waals surface area contributed by atoms with Crippen LogP contribution in [0.3, 0.4) is 0 Å². The zero-order valence-corrected chi connectivity index (χ0v) is 11.0. The Labute approximate surface area is 103 Å². The SMILES string of the molecule is CC(C)NC(=O)N(Cc1cccnc1)C(C)C. The molecule has 1 aromatic heterocycles. The van der Waals surface area contributed by atoms with E-state index in [1.54, 1.807) is 17.3 Å². The quantitative estimate of drug-likeness (QED) is 0.871. The van der Waals surface area contributed by atoms with Crippen LogP contribution in [0.15, 0.2) is 24.5 Å². The van der Waals surface area contributed by atoms with Gasteiger partial charge in [-0.15, -0.1) is 0 Å². The standard InChI is InChI=1S/C13H21N3O/c1-10(2)15-13(17)16(11(3)4)9-12-6-5-7-14-8-12/h5-8,10-11H,9H2,1-4H3,(H,15,17). The molecule has 0 bridgehead atoms. The molecule has 0 fully saturated rings. The summed E-state index contributed by atoms with van der Waals surface area (Å²) in [5, 5.41) is 2.91. The summed E-state index contributed by atoms with van der Waals surface area (Å²) in [6, 6.07) is 4.14. The van der Waals surface area contributed by atoms with Crippen molar-refractivity contribution in [2.45, 2.75) is 46.3 Å². The van der Waals surface area contributed by atoms with Crippen LogP contribution in [0.4, 0.5) is 4.79 Å². The Morgan fingerprint density at radius 3 is 2.59 bits per heavy atom. The van der Waals surface area contributed by atoms with Crippen LogP contribution in [0.25, 0.3) is 0 Å². The van der Waals surface area contributed by atoms with E-state index in [2.05, 4.69) is 10.3 Å². The lowest BCUT2D eigenvalue weighted by Crippen LogP contribution is -2.45. The average Bonchev–Trinajstić information content (AvgIpc) is 2.25. The van der Waals surface area contributed by atoms with Crippen molar-refractivity contribution >= 4 is 6.03 Å². The highest BCUT2D eigenvalue weighted by Crippen LogP contribution is 2.07. The minimum Gasteiger partial charge on any atom is -0.336 e. The van der Waals surface area contributed by atoms with Crippen molar-refractivity contribution in [2.75, 3.05) is 0 Å². The average molecular weight is 235 g/mol. The number of hydrogen-bond donors (Lipinski definition) is 1. The van der Waals surface area contributed by atoms with Gasteiger partial charge in [0.25, 0.3) is 0 Å². The summed E-state index contributed by atoms with van der Waals surface area (Å²) < 4.78 is 0. The molecule has 1 rings (SSSR count). The van der Waals surface area contributed by atoms with Crippen LogP contribution < -0.4 is 5.32 Å². The third kappa shape index (κ3) is 4.43. The molecule has 4 heteroatoms. The molecule has 0 spiro atoms. The van der Waals surface area contributed by atoms with Crippen LogP contribution in [-0.2, 0) is 6.54 Å². The summed E-state index contributed by atoms with van der Waals surface area (Å²) in [5.41, 5.74) is 1.04. The number of hydrogen-bond acceptors (Lipinski definition) is 2. The maximum absolute atomic E-state index is 12.0. The van der Waals surface area contributed by atoms with E-state index in [0.29, 0.717) is 6.54 Å². The highest BCUT2D eigenvalue weighted by molar-refractivity contribution is 5.74. The van der Waals surface area contributed by atoms with E-state index in [9.17, 15) is 4.79 Å². The third-order valence-corrected chi connectivity index (χ3v) is 2.37. The second-order valence-electron chi connectivity index (χ2n) is 4.69. The molecule has 0 radical (unpaired) electrons. The summed E-state index contributed by atoms with van der Waals surface area (Å²) in [5.74, 6) is 0. The molecule has 0 saturated heterocycles. The molecule has 17 heavy (non-hydrogen) atoms. The first-order valence-corrected chi connectivity index (χ1v) is 5.96. The van der Waals surface area contributed by atoms with Crippen molar-refractivity contribution in [3.8, 4) is 0 Å². The summed E-state index contributed by atoms with van der Waals surface area (Å²) in [6.07, 6.45) is 3.52. The number of rotatable bonds is 4. The molecule has 0 aromatic carbocycles. The van der Waals surface area contributed by atoms with Gasteiger partial charge >= 0.3 is 6.03 Å². The molecule has 4 nitrogen and oxygen atoms in total. The third-order valence-electron chi connectivity index (χ3n) is 2.37. The Balaban J connectivity index is 2.70. The van der Waals surface area contributed by atoms with Crippen molar-refractivity contribution in [3.63, 3.8) is 0 Å². The van der Waals surface area contributed by atoms with Gasteiger partial charge in [0.05, 0.1) is 0 Å². The van der Waals surface area contributed by atoms with Gasteiger partial charge in [-0.25, -0.2) is 4.79 Å². The lowest BCUT2D eigenvalue weighted by atomic mass is 10.2. The highest BCUT2D eigenvalue weighted by atomic mass is 16.2. The maximum Gasteiger partial charge on any atom is 0.318 e. The van der Waals surface area contributed by atoms with Crippen molar-refractivity contribution in [1.29, 1.82) is 0 Å². The lowest BCUT2D eigenvalue weighted by Gasteiger charge is -2.28. The van der Waals surface area contributed by atoms with E-state index >= 15 is 0 Å². The van der Waals surface area contributed by atoms with Crippen molar-refractivity contribution in [3.05, 3.63) is 30.1 Å². The minimum atomic E-state index is -0.0288. The summed E-state index contributed by atoms with van der Waals surface area (Å²) >= 11 is 0. The van der Waals surface area contributed by atoms with Crippen molar-refractivity contribution < 1.29 is 4.79 Å². The van der Waals surface area contributed by atoms with Gasteiger partial charge in [-0.05, 0) is 39.3 Å². The van der Waals surface area contributed by atoms with Gasteiger partial charge in [0, 0.05) is 31.0 Å². The first-order chi connectivity index (χ1) is 8.00. The van der Waals surface area contributed by atoms with E-state index in [-0.39, 0.29) is 18.1 Å². The van der Waals surface area contributed by atoms with Gasteiger partial charge in [-0.3, -0.25) is 4.98 Å². The number of pyridine rings is 1. The van der Waals surface area contributed by atoms with Gasteiger partial charge in [0.2, 0.25) is 0 Å². The highest BCUT2D eigenvalue weighted by Gasteiger charge is 2.17. The Hall–Kier alpha value is -1.58. The summed E-state index contributed by atoms with van der Waals surface area (Å²) in [6.45, 7) is 8.53. The minimum absolute atomic E-state index is 0.0288. The van der Waals surface area contributed by atoms with Gasteiger partial charge in [-0.1, -0.05) is 6.07 Å². The second kappa shape index (κ2) is 6.23. The molecule has 1 N–H and O–H groups in total. The maximum atomic E-state index is 12.0. The number of nitrogens with zero attached hydrogens (tertiary/aromatic N) is 2. The molecule has 0 aliphatic carbocycles. The van der Waals surface area contributed by atoms with Gasteiger partial charge in [0.1, 0.15) is 0 Å². The number of carbonyl (C=O) groups is 1. The first-order valence-electron chi connectivity index (χ1n) is 5.96. The van der Waals surface area contributed by atoms with Gasteiger partial charge in [0.15, 0.2) is 0 Å². The van der Waals surface area contributed by atoms with Crippen LogP contribution in [0.2, 0.25) is 0 Å². The Morgan fingerprint density at radius 1 is 1.41 bits per heavy atom. The second-order valence-corrected chi connectivity index (χ2v) is 4.69. The van der Waals surface area contributed by atoms with E-state index in [1.807, 2.05) is 39.8 Å². The molecule has 0 aliphatic rings. The first kappa shape index (κ1) is 13.5. The Kier molecular flexibility index (Phi) is 4.94. The Bertz CT molecular complexity index is 349. The fourth-order valence-corrected chi connectivity index (χ4v) is 1.51. The zero-order chi connectivity index (χ0) is 12.8. The van der Waals surface area contributed by atoms with E-state index < -0.39 is 0 Å². The number of amides is 2. The van der Waals surface area contributed by atoms with E-state index in [0.717, 1.165) is 5.56 Å². The topological polar surface area (TPSA) is 45.2 Å². The van der Waals surface area contributed by atoms with Crippen LogP contribution in [0, 0.1) is 0 Å². The predicted molar refractivity (Wildman–Crippen MR) is 68.6 cm³/mol. The molecule has 0 aliphatic heterocycles. The van der Waals surface area contributed by atoms with Crippen LogP contribution >= 0.6 is 0 Å². The fourth-order valence-electron chi connectivity index (χ4n) is 1.51. The number of aromatic nitrogens is 1. The Morgan fingerprint density at radius 2 is 2.12 bits per heavy atom. The molecule has 0 atom stereocenters. The molecule has 1 heterocycles. The molecule has 0 saturated carbocycles. The molecular weight excluding hydrogens is 214 g/mol. The van der Waals surface area contributed by atoms with E-state index in [1.165, 1.54) is 0 Å². The number of urea groups is 1. The zero-order valence-electron chi connectivity index (χ0n) is 11.0. The fraction of sp³-hybridized carbons (Fsp3) is 0.538. The van der Waals surface area contributed by atoms with E-state index in [4.69, 9.17) is 0 Å². The smallest absolute Gasteiger partial charge is 0.318 e.